The molecule has 100 valence electrons. The minimum atomic E-state index is -0.581. The highest BCUT2D eigenvalue weighted by atomic mass is 16.3. The molecule has 3 nitrogen and oxygen atoms in total. The molecule has 0 saturated heterocycles. The van der Waals surface area contributed by atoms with Crippen molar-refractivity contribution in [2.24, 2.45) is 11.8 Å². The Bertz CT molecular complexity index is 395. The van der Waals surface area contributed by atoms with Gasteiger partial charge in [0.1, 0.15) is 5.82 Å². The van der Waals surface area contributed by atoms with Gasteiger partial charge in [-0.25, -0.2) is 4.98 Å². The summed E-state index contributed by atoms with van der Waals surface area (Å²) in [4.78, 5) is 4.09. The van der Waals surface area contributed by atoms with Gasteiger partial charge in [0.25, 0.3) is 0 Å². The molecule has 0 spiro atoms. The minimum Gasteiger partial charge on any atom is -0.390 e. The lowest BCUT2D eigenvalue weighted by molar-refractivity contribution is -0.0145. The van der Waals surface area contributed by atoms with Gasteiger partial charge in [0.05, 0.1) is 5.60 Å². The van der Waals surface area contributed by atoms with Crippen LogP contribution in [-0.4, -0.2) is 15.7 Å². The molecule has 3 N–H and O–H groups in total. The summed E-state index contributed by atoms with van der Waals surface area (Å²) in [5.74, 6) is 2.03. The first-order chi connectivity index (χ1) is 8.50. The zero-order chi connectivity index (χ0) is 13.2. The normalized spacial score (nSPS) is 28.6. The first-order valence-electron chi connectivity index (χ1n) is 6.92. The van der Waals surface area contributed by atoms with Crippen LogP contribution in [0.25, 0.3) is 0 Å². The Balaban J connectivity index is 2.00. The molecule has 3 heteroatoms. The molecular formula is C15H24N2O. The second-order valence-electron chi connectivity index (χ2n) is 6.03. The quantitative estimate of drug-likeness (QED) is 0.864. The maximum atomic E-state index is 10.7. The van der Waals surface area contributed by atoms with Gasteiger partial charge in [-0.15, -0.1) is 0 Å². The number of hydrogen-bond donors (Lipinski definition) is 2. The van der Waals surface area contributed by atoms with E-state index in [9.17, 15) is 5.11 Å². The van der Waals surface area contributed by atoms with E-state index in [4.69, 9.17) is 5.73 Å². The van der Waals surface area contributed by atoms with Crippen molar-refractivity contribution in [2.45, 2.75) is 51.6 Å². The second kappa shape index (κ2) is 5.27. The van der Waals surface area contributed by atoms with Gasteiger partial charge in [0, 0.05) is 12.6 Å². The van der Waals surface area contributed by atoms with Gasteiger partial charge in [-0.1, -0.05) is 19.9 Å². The zero-order valence-electron chi connectivity index (χ0n) is 11.4. The molecule has 1 aliphatic carbocycles. The Kier molecular flexibility index (Phi) is 3.91. The highest BCUT2D eigenvalue weighted by Crippen LogP contribution is 2.38. The summed E-state index contributed by atoms with van der Waals surface area (Å²) in [7, 11) is 0. The van der Waals surface area contributed by atoms with Crippen molar-refractivity contribution in [3.8, 4) is 0 Å². The maximum Gasteiger partial charge on any atom is 0.126 e. The van der Waals surface area contributed by atoms with Crippen molar-refractivity contribution in [1.82, 2.24) is 4.98 Å². The second-order valence-corrected chi connectivity index (χ2v) is 6.03. The van der Waals surface area contributed by atoms with Crippen LogP contribution in [0.2, 0.25) is 0 Å². The third kappa shape index (κ3) is 3.02. The van der Waals surface area contributed by atoms with Crippen LogP contribution in [0.1, 0.15) is 45.1 Å². The standard InChI is InChI=1S/C15H24N2O/c1-11(2)12-5-7-15(18,8-6-12)10-13-4-3-9-17-14(13)16/h3-4,9,11-12,18H,5-8,10H2,1-2H3,(H2,16,17). The van der Waals surface area contributed by atoms with Gasteiger partial charge in [0.15, 0.2) is 0 Å². The Labute approximate surface area is 109 Å². The van der Waals surface area contributed by atoms with Gasteiger partial charge < -0.3 is 10.8 Å². The van der Waals surface area contributed by atoms with Crippen LogP contribution in [0.15, 0.2) is 18.3 Å². The molecule has 1 aromatic heterocycles. The summed E-state index contributed by atoms with van der Waals surface area (Å²) in [6.45, 7) is 4.54. The number of nitrogens with zero attached hydrogens (tertiary/aromatic N) is 1. The van der Waals surface area contributed by atoms with E-state index in [0.717, 1.165) is 43.1 Å². The number of nitrogens with two attached hydrogens (primary N) is 1. The largest absolute Gasteiger partial charge is 0.390 e. The van der Waals surface area contributed by atoms with E-state index in [-0.39, 0.29) is 0 Å². The number of pyridine rings is 1. The number of aromatic nitrogens is 1. The minimum absolute atomic E-state index is 0.553. The predicted molar refractivity (Wildman–Crippen MR) is 74.1 cm³/mol. The topological polar surface area (TPSA) is 59.1 Å². The molecule has 0 bridgehead atoms. The summed E-state index contributed by atoms with van der Waals surface area (Å²) >= 11 is 0. The zero-order valence-corrected chi connectivity index (χ0v) is 11.4. The van der Waals surface area contributed by atoms with Crippen LogP contribution in [0, 0.1) is 11.8 Å². The smallest absolute Gasteiger partial charge is 0.126 e. The molecular weight excluding hydrogens is 224 g/mol. The first-order valence-corrected chi connectivity index (χ1v) is 6.92. The number of hydrogen-bond acceptors (Lipinski definition) is 3. The number of nitrogen functional groups attached to an aromatic ring is 1. The van der Waals surface area contributed by atoms with Crippen LogP contribution in [0.5, 0.6) is 0 Å². The summed E-state index contributed by atoms with van der Waals surface area (Å²) in [6, 6.07) is 3.85. The van der Waals surface area contributed by atoms with E-state index < -0.39 is 5.60 Å². The van der Waals surface area contributed by atoms with Crippen molar-refractivity contribution < 1.29 is 5.11 Å². The highest BCUT2D eigenvalue weighted by molar-refractivity contribution is 5.39. The van der Waals surface area contributed by atoms with Gasteiger partial charge in [-0.2, -0.15) is 0 Å². The average molecular weight is 248 g/mol. The molecule has 1 aromatic rings. The third-order valence-electron chi connectivity index (χ3n) is 4.35. The fourth-order valence-electron chi connectivity index (χ4n) is 2.98. The van der Waals surface area contributed by atoms with E-state index in [2.05, 4.69) is 18.8 Å². The monoisotopic (exact) mass is 248 g/mol. The molecule has 0 amide bonds. The molecule has 1 fully saturated rings. The van der Waals surface area contributed by atoms with E-state index >= 15 is 0 Å². The lowest BCUT2D eigenvalue weighted by Gasteiger charge is -2.37. The van der Waals surface area contributed by atoms with Crippen LogP contribution < -0.4 is 5.73 Å². The molecule has 1 heterocycles. The summed E-state index contributed by atoms with van der Waals surface area (Å²) in [6.07, 6.45) is 6.33. The van der Waals surface area contributed by atoms with Crippen molar-refractivity contribution >= 4 is 5.82 Å². The number of anilines is 1. The van der Waals surface area contributed by atoms with Crippen molar-refractivity contribution in [2.75, 3.05) is 5.73 Å². The summed E-state index contributed by atoms with van der Waals surface area (Å²) in [5, 5.41) is 10.7. The molecule has 1 saturated carbocycles. The average Bonchev–Trinajstić information content (AvgIpc) is 2.32. The van der Waals surface area contributed by atoms with E-state index in [1.807, 2.05) is 12.1 Å². The SMILES string of the molecule is CC(C)C1CCC(O)(Cc2cccnc2N)CC1. The Hall–Kier alpha value is -1.09. The Morgan fingerprint density at radius 2 is 2.11 bits per heavy atom. The highest BCUT2D eigenvalue weighted by Gasteiger charge is 2.34. The summed E-state index contributed by atoms with van der Waals surface area (Å²) < 4.78 is 0. The fourth-order valence-corrected chi connectivity index (χ4v) is 2.98. The van der Waals surface area contributed by atoms with Crippen LogP contribution in [0.3, 0.4) is 0 Å². The molecule has 0 unspecified atom stereocenters. The molecule has 0 aromatic carbocycles. The third-order valence-corrected chi connectivity index (χ3v) is 4.35. The predicted octanol–water partition coefficient (Wildman–Crippen LogP) is 2.78. The number of rotatable bonds is 3. The number of aliphatic hydroxyl groups is 1. The molecule has 1 aliphatic rings. The van der Waals surface area contributed by atoms with E-state index in [0.29, 0.717) is 12.2 Å². The molecule has 0 radical (unpaired) electrons. The van der Waals surface area contributed by atoms with Crippen LogP contribution in [-0.2, 0) is 6.42 Å². The fraction of sp³-hybridized carbons (Fsp3) is 0.667. The maximum absolute atomic E-state index is 10.7. The van der Waals surface area contributed by atoms with Crippen LogP contribution >= 0.6 is 0 Å². The van der Waals surface area contributed by atoms with Gasteiger partial charge in [-0.3, -0.25) is 0 Å². The lowest BCUT2D eigenvalue weighted by atomic mass is 9.72. The van der Waals surface area contributed by atoms with Gasteiger partial charge >= 0.3 is 0 Å². The molecule has 18 heavy (non-hydrogen) atoms. The van der Waals surface area contributed by atoms with Crippen molar-refractivity contribution in [3.05, 3.63) is 23.9 Å². The molecule has 0 atom stereocenters. The lowest BCUT2D eigenvalue weighted by Crippen LogP contribution is -2.37. The summed E-state index contributed by atoms with van der Waals surface area (Å²) in [5.41, 5.74) is 6.24. The van der Waals surface area contributed by atoms with Crippen LogP contribution in [0.4, 0.5) is 5.82 Å². The van der Waals surface area contributed by atoms with Crippen molar-refractivity contribution in [1.29, 1.82) is 0 Å². The molecule has 0 aliphatic heterocycles. The van der Waals surface area contributed by atoms with E-state index in [1.165, 1.54) is 0 Å². The van der Waals surface area contributed by atoms with Gasteiger partial charge in [0.2, 0.25) is 0 Å². The first kappa shape index (κ1) is 13.3. The Morgan fingerprint density at radius 1 is 1.44 bits per heavy atom. The Morgan fingerprint density at radius 3 is 2.67 bits per heavy atom. The van der Waals surface area contributed by atoms with Crippen molar-refractivity contribution in [3.63, 3.8) is 0 Å². The van der Waals surface area contributed by atoms with Gasteiger partial charge in [-0.05, 0) is 49.1 Å². The molecule has 2 rings (SSSR count). The van der Waals surface area contributed by atoms with E-state index in [1.54, 1.807) is 6.20 Å².